The lowest BCUT2D eigenvalue weighted by molar-refractivity contribution is 0.589. The smallest absolute Gasteiger partial charge is 0.227 e. The summed E-state index contributed by atoms with van der Waals surface area (Å²) in [6.45, 7) is 7.29. The Kier molecular flexibility index (Phi) is 4.66. The first-order chi connectivity index (χ1) is 12.9. The number of fused-ring (bicyclic) bond motifs is 1. The molecule has 138 valence electrons. The van der Waals surface area contributed by atoms with Crippen molar-refractivity contribution in [3.8, 4) is 11.5 Å². The van der Waals surface area contributed by atoms with E-state index in [1.165, 1.54) is 16.9 Å². The third-order valence-electron chi connectivity index (χ3n) is 4.38. The van der Waals surface area contributed by atoms with Crippen molar-refractivity contribution < 1.29 is 4.42 Å². The Labute approximate surface area is 167 Å². The number of nitrogens with one attached hydrogen (secondary N) is 1. The van der Waals surface area contributed by atoms with Crippen LogP contribution in [0.25, 0.3) is 22.6 Å². The second-order valence-electron chi connectivity index (χ2n) is 7.46. The van der Waals surface area contributed by atoms with E-state index in [1.54, 1.807) is 6.20 Å². The number of oxazole rings is 1. The molecule has 2 heterocycles. The van der Waals surface area contributed by atoms with Crippen LogP contribution in [0.2, 0.25) is 4.47 Å². The van der Waals surface area contributed by atoms with Crippen molar-refractivity contribution >= 4 is 39.7 Å². The molecule has 4 nitrogen and oxygen atoms in total. The minimum absolute atomic E-state index is 0.128. The molecule has 1 N–H and O–H groups in total. The first-order valence-corrected chi connectivity index (χ1v) is 9.93. The maximum atomic E-state index is 5.94. The zero-order valence-corrected chi connectivity index (χ0v) is 17.0. The number of rotatable bonds is 4. The molecule has 2 aromatic heterocycles. The summed E-state index contributed by atoms with van der Waals surface area (Å²) in [4.78, 5) is 9.79. The van der Waals surface area contributed by atoms with Gasteiger partial charge in [0.25, 0.3) is 0 Å². The van der Waals surface area contributed by atoms with Gasteiger partial charge in [0.2, 0.25) is 5.89 Å². The summed E-state index contributed by atoms with van der Waals surface area (Å²) < 4.78 is 6.49. The van der Waals surface area contributed by atoms with Gasteiger partial charge >= 0.3 is 0 Å². The molecule has 0 atom stereocenters. The van der Waals surface area contributed by atoms with Crippen molar-refractivity contribution in [2.24, 2.45) is 0 Å². The summed E-state index contributed by atoms with van der Waals surface area (Å²) in [7, 11) is 0. The molecule has 0 saturated carbocycles. The van der Waals surface area contributed by atoms with E-state index >= 15 is 0 Å². The summed E-state index contributed by atoms with van der Waals surface area (Å²) in [5.74, 6) is 0.636. The summed E-state index contributed by atoms with van der Waals surface area (Å²) in [5, 5.41) is 3.37. The molecule has 2 aromatic carbocycles. The summed E-state index contributed by atoms with van der Waals surface area (Å²) in [6, 6.07) is 14.3. The van der Waals surface area contributed by atoms with Crippen LogP contribution in [0.4, 0.5) is 5.69 Å². The van der Waals surface area contributed by atoms with Crippen LogP contribution in [-0.4, -0.2) is 9.97 Å². The van der Waals surface area contributed by atoms with Crippen LogP contribution in [0.3, 0.4) is 0 Å². The molecule has 4 rings (SSSR count). The molecular formula is C21H20ClN3OS. The van der Waals surface area contributed by atoms with Crippen LogP contribution in [0.15, 0.2) is 53.1 Å². The standard InChI is InChI=1S/C21H20ClN3OS/c1-21(2,3)14-6-4-13(5-7-14)19-25-17-10-15(8-9-18(17)26-19)23-11-16-12-24-20(22)27-16/h4-10,12,23H,11H2,1-3H3. The highest BCUT2D eigenvalue weighted by Crippen LogP contribution is 2.29. The molecule has 0 saturated heterocycles. The SMILES string of the molecule is CC(C)(C)c1ccc(-c2nc3cc(NCc4cnc(Cl)s4)ccc3o2)cc1. The maximum absolute atomic E-state index is 5.94. The minimum Gasteiger partial charge on any atom is -0.436 e. The van der Waals surface area contributed by atoms with Crippen molar-refractivity contribution in [1.82, 2.24) is 9.97 Å². The molecular weight excluding hydrogens is 378 g/mol. The van der Waals surface area contributed by atoms with Gasteiger partial charge < -0.3 is 9.73 Å². The first kappa shape index (κ1) is 18.0. The van der Waals surface area contributed by atoms with E-state index in [9.17, 15) is 0 Å². The highest BCUT2D eigenvalue weighted by Gasteiger charge is 2.14. The molecule has 0 fully saturated rings. The molecule has 4 aromatic rings. The van der Waals surface area contributed by atoms with Crippen LogP contribution >= 0.6 is 22.9 Å². The lowest BCUT2D eigenvalue weighted by Gasteiger charge is -2.18. The molecule has 0 aliphatic rings. The van der Waals surface area contributed by atoms with Gasteiger partial charge in [0, 0.05) is 22.3 Å². The highest BCUT2D eigenvalue weighted by atomic mass is 35.5. The number of nitrogens with zero attached hydrogens (tertiary/aromatic N) is 2. The van der Waals surface area contributed by atoms with Gasteiger partial charge in [-0.2, -0.15) is 0 Å². The van der Waals surface area contributed by atoms with Crippen molar-refractivity contribution in [2.75, 3.05) is 5.32 Å². The van der Waals surface area contributed by atoms with E-state index in [2.05, 4.69) is 60.3 Å². The van der Waals surface area contributed by atoms with Gasteiger partial charge in [-0.3, -0.25) is 0 Å². The Balaban J connectivity index is 1.55. The minimum atomic E-state index is 0.128. The maximum Gasteiger partial charge on any atom is 0.227 e. The van der Waals surface area contributed by atoms with Crippen molar-refractivity contribution in [2.45, 2.75) is 32.7 Å². The lowest BCUT2D eigenvalue weighted by Crippen LogP contribution is -2.10. The van der Waals surface area contributed by atoms with Gasteiger partial charge in [-0.1, -0.05) is 44.5 Å². The quantitative estimate of drug-likeness (QED) is 0.426. The zero-order chi connectivity index (χ0) is 19.0. The second-order valence-corrected chi connectivity index (χ2v) is 9.16. The monoisotopic (exact) mass is 397 g/mol. The number of halogens is 1. The molecule has 6 heteroatoms. The van der Waals surface area contributed by atoms with Crippen LogP contribution in [-0.2, 0) is 12.0 Å². The van der Waals surface area contributed by atoms with E-state index in [4.69, 9.17) is 16.0 Å². The fourth-order valence-corrected chi connectivity index (χ4v) is 3.75. The number of hydrogen-bond donors (Lipinski definition) is 1. The molecule has 0 aliphatic heterocycles. The summed E-state index contributed by atoms with van der Waals surface area (Å²) >= 11 is 7.35. The molecule has 0 amide bonds. The average Bonchev–Trinajstić information content (AvgIpc) is 3.25. The van der Waals surface area contributed by atoms with Crippen LogP contribution in [0.1, 0.15) is 31.2 Å². The zero-order valence-electron chi connectivity index (χ0n) is 15.4. The van der Waals surface area contributed by atoms with Crippen molar-refractivity contribution in [3.63, 3.8) is 0 Å². The fraction of sp³-hybridized carbons (Fsp3) is 0.238. The van der Waals surface area contributed by atoms with Gasteiger partial charge in [0.1, 0.15) is 5.52 Å². The third-order valence-corrected chi connectivity index (χ3v) is 5.49. The normalized spacial score (nSPS) is 11.9. The van der Waals surface area contributed by atoms with Crippen LogP contribution < -0.4 is 5.32 Å². The Morgan fingerprint density at radius 1 is 1.11 bits per heavy atom. The third kappa shape index (κ3) is 3.99. The lowest BCUT2D eigenvalue weighted by atomic mass is 9.87. The molecule has 0 aliphatic carbocycles. The second kappa shape index (κ2) is 6.98. The largest absolute Gasteiger partial charge is 0.436 e. The molecule has 0 unspecified atom stereocenters. The van der Waals surface area contributed by atoms with Gasteiger partial charge in [0.05, 0.1) is 6.54 Å². The first-order valence-electron chi connectivity index (χ1n) is 8.74. The fourth-order valence-electron chi connectivity index (χ4n) is 2.83. The molecule has 0 spiro atoms. The number of thiazole rings is 1. The topological polar surface area (TPSA) is 51.0 Å². The Morgan fingerprint density at radius 2 is 1.89 bits per heavy atom. The van der Waals surface area contributed by atoms with E-state index in [-0.39, 0.29) is 5.41 Å². The summed E-state index contributed by atoms with van der Waals surface area (Å²) in [6.07, 6.45) is 1.79. The van der Waals surface area contributed by atoms with E-state index < -0.39 is 0 Å². The number of hydrogen-bond acceptors (Lipinski definition) is 5. The highest BCUT2D eigenvalue weighted by molar-refractivity contribution is 7.15. The van der Waals surface area contributed by atoms with Gasteiger partial charge in [-0.25, -0.2) is 9.97 Å². The van der Waals surface area contributed by atoms with Crippen LogP contribution in [0, 0.1) is 0 Å². The van der Waals surface area contributed by atoms with E-state index in [0.717, 1.165) is 27.2 Å². The van der Waals surface area contributed by atoms with Crippen LogP contribution in [0.5, 0.6) is 0 Å². The molecule has 27 heavy (non-hydrogen) atoms. The van der Waals surface area contributed by atoms with Crippen molar-refractivity contribution in [3.05, 3.63) is 63.6 Å². The number of anilines is 1. The van der Waals surface area contributed by atoms with Gasteiger partial charge in [0.15, 0.2) is 10.0 Å². The average molecular weight is 398 g/mol. The predicted molar refractivity (Wildman–Crippen MR) is 113 cm³/mol. The van der Waals surface area contributed by atoms with E-state index in [0.29, 0.717) is 16.9 Å². The Hall–Kier alpha value is -2.37. The number of aromatic nitrogens is 2. The Morgan fingerprint density at radius 3 is 2.56 bits per heavy atom. The molecule has 0 radical (unpaired) electrons. The van der Waals surface area contributed by atoms with Gasteiger partial charge in [-0.05, 0) is 41.3 Å². The van der Waals surface area contributed by atoms with E-state index in [1.807, 2.05) is 18.2 Å². The molecule has 0 bridgehead atoms. The summed E-state index contributed by atoms with van der Waals surface area (Å²) in [5.41, 5.74) is 4.98. The predicted octanol–water partition coefficient (Wildman–Crippen LogP) is 6.51. The van der Waals surface area contributed by atoms with Gasteiger partial charge in [-0.15, -0.1) is 11.3 Å². The van der Waals surface area contributed by atoms with Crippen molar-refractivity contribution in [1.29, 1.82) is 0 Å². The Bertz CT molecular complexity index is 1080. The number of benzene rings is 2.